The van der Waals surface area contributed by atoms with E-state index in [4.69, 9.17) is 5.73 Å². The molecule has 9 heavy (non-hydrogen) atoms. The highest BCUT2D eigenvalue weighted by molar-refractivity contribution is 5.72. The Morgan fingerprint density at radius 3 is 2.33 bits per heavy atom. The standard InChI is InChI=1S/C6H12N2O/c1-4-6(2,3)8-5(7)9/h4H,1H2,2-3H3,(H3,7,8,9). The number of hydrogen-bond acceptors (Lipinski definition) is 1. The van der Waals surface area contributed by atoms with Crippen LogP contribution >= 0.6 is 0 Å². The molecule has 0 unspecified atom stereocenters. The van der Waals surface area contributed by atoms with Gasteiger partial charge in [-0.2, -0.15) is 0 Å². The van der Waals surface area contributed by atoms with E-state index in [0.717, 1.165) is 0 Å². The predicted octanol–water partition coefficient (Wildman–Crippen LogP) is 0.619. The lowest BCUT2D eigenvalue weighted by Crippen LogP contribution is -2.44. The fourth-order valence-corrected chi connectivity index (χ4v) is 0.369. The molecule has 0 bridgehead atoms. The van der Waals surface area contributed by atoms with Crippen LogP contribution in [0.1, 0.15) is 13.8 Å². The number of nitrogens with two attached hydrogens (primary N) is 1. The molecule has 3 heteroatoms. The van der Waals surface area contributed by atoms with Crippen molar-refractivity contribution in [3.63, 3.8) is 0 Å². The molecule has 0 fully saturated rings. The summed E-state index contributed by atoms with van der Waals surface area (Å²) in [4.78, 5) is 10.2. The zero-order valence-electron chi connectivity index (χ0n) is 5.77. The van der Waals surface area contributed by atoms with Gasteiger partial charge in [-0.15, -0.1) is 6.58 Å². The van der Waals surface area contributed by atoms with Crippen molar-refractivity contribution in [2.24, 2.45) is 5.73 Å². The number of hydrogen-bond donors (Lipinski definition) is 2. The molecule has 0 aromatic carbocycles. The van der Waals surface area contributed by atoms with Gasteiger partial charge in [0.1, 0.15) is 0 Å². The largest absolute Gasteiger partial charge is 0.352 e. The van der Waals surface area contributed by atoms with Crippen molar-refractivity contribution in [3.8, 4) is 0 Å². The van der Waals surface area contributed by atoms with Crippen LogP contribution in [0, 0.1) is 0 Å². The zero-order valence-corrected chi connectivity index (χ0v) is 5.77. The first-order valence-corrected chi connectivity index (χ1v) is 2.69. The molecule has 0 aliphatic heterocycles. The van der Waals surface area contributed by atoms with Gasteiger partial charge in [-0.05, 0) is 13.8 Å². The number of carbonyl (C=O) groups is 1. The highest BCUT2D eigenvalue weighted by Crippen LogP contribution is 2.00. The number of rotatable bonds is 2. The van der Waals surface area contributed by atoms with Gasteiger partial charge < -0.3 is 11.1 Å². The van der Waals surface area contributed by atoms with E-state index in [1.807, 2.05) is 13.8 Å². The molecule has 0 aromatic heterocycles. The highest BCUT2D eigenvalue weighted by Gasteiger charge is 2.12. The topological polar surface area (TPSA) is 55.1 Å². The number of carbonyl (C=O) groups excluding carboxylic acids is 1. The lowest BCUT2D eigenvalue weighted by atomic mass is 10.1. The Kier molecular flexibility index (Phi) is 2.25. The van der Waals surface area contributed by atoms with Gasteiger partial charge >= 0.3 is 6.03 Å². The van der Waals surface area contributed by atoms with Crippen molar-refractivity contribution >= 4 is 6.03 Å². The highest BCUT2D eigenvalue weighted by atomic mass is 16.2. The van der Waals surface area contributed by atoms with E-state index >= 15 is 0 Å². The van der Waals surface area contributed by atoms with E-state index in [0.29, 0.717) is 0 Å². The summed E-state index contributed by atoms with van der Waals surface area (Å²) in [7, 11) is 0. The molecule has 0 radical (unpaired) electrons. The third-order valence-electron chi connectivity index (χ3n) is 0.956. The van der Waals surface area contributed by atoms with E-state index in [1.165, 1.54) is 0 Å². The summed E-state index contributed by atoms with van der Waals surface area (Å²) in [6.45, 7) is 7.14. The van der Waals surface area contributed by atoms with Crippen LogP contribution in [0.25, 0.3) is 0 Å². The average Bonchev–Trinajstić information content (AvgIpc) is 1.63. The summed E-state index contributed by atoms with van der Waals surface area (Å²) in [5, 5.41) is 2.49. The van der Waals surface area contributed by atoms with Gasteiger partial charge in [-0.3, -0.25) is 0 Å². The molecule has 0 atom stereocenters. The molecular weight excluding hydrogens is 116 g/mol. The average molecular weight is 128 g/mol. The van der Waals surface area contributed by atoms with Gasteiger partial charge in [0, 0.05) is 0 Å². The molecule has 52 valence electrons. The smallest absolute Gasteiger partial charge is 0.312 e. The minimum Gasteiger partial charge on any atom is -0.352 e. The first kappa shape index (κ1) is 8.01. The van der Waals surface area contributed by atoms with Crippen LogP contribution in [-0.4, -0.2) is 11.6 Å². The van der Waals surface area contributed by atoms with Gasteiger partial charge in [-0.1, -0.05) is 6.08 Å². The van der Waals surface area contributed by atoms with Crippen LogP contribution < -0.4 is 11.1 Å². The third-order valence-corrected chi connectivity index (χ3v) is 0.956. The van der Waals surface area contributed by atoms with Gasteiger partial charge in [0.2, 0.25) is 0 Å². The molecule has 3 N–H and O–H groups in total. The number of nitrogens with one attached hydrogen (secondary N) is 1. The first-order valence-electron chi connectivity index (χ1n) is 2.69. The SMILES string of the molecule is C=CC(C)(C)NC(N)=O. The van der Waals surface area contributed by atoms with Crippen LogP contribution in [0.2, 0.25) is 0 Å². The molecule has 3 nitrogen and oxygen atoms in total. The van der Waals surface area contributed by atoms with Crippen molar-refractivity contribution in [2.75, 3.05) is 0 Å². The number of amides is 2. The molecule has 0 spiro atoms. The molecule has 2 amide bonds. The maximum Gasteiger partial charge on any atom is 0.312 e. The van der Waals surface area contributed by atoms with E-state index in [9.17, 15) is 4.79 Å². The maximum atomic E-state index is 10.2. The summed E-state index contributed by atoms with van der Waals surface area (Å²) in [5.41, 5.74) is 4.46. The zero-order chi connectivity index (χ0) is 7.49. The summed E-state index contributed by atoms with van der Waals surface area (Å²) in [5.74, 6) is 0. The minimum absolute atomic E-state index is 0.397. The Morgan fingerprint density at radius 1 is 1.78 bits per heavy atom. The molecule has 0 aliphatic carbocycles. The Morgan fingerprint density at radius 2 is 2.22 bits per heavy atom. The van der Waals surface area contributed by atoms with Crippen LogP contribution in [0.5, 0.6) is 0 Å². The first-order chi connectivity index (χ1) is 3.98. The van der Waals surface area contributed by atoms with Gasteiger partial charge in [0.05, 0.1) is 5.54 Å². The van der Waals surface area contributed by atoms with Gasteiger partial charge in [0.25, 0.3) is 0 Å². The Hall–Kier alpha value is -0.990. The summed E-state index contributed by atoms with van der Waals surface area (Å²) in [6.07, 6.45) is 1.62. The molecule has 0 aromatic rings. The normalized spacial score (nSPS) is 10.4. The summed E-state index contributed by atoms with van der Waals surface area (Å²) in [6, 6.07) is -0.528. The lowest BCUT2D eigenvalue weighted by molar-refractivity contribution is 0.243. The molecule has 0 saturated heterocycles. The van der Waals surface area contributed by atoms with Crippen molar-refractivity contribution in [1.82, 2.24) is 5.32 Å². The monoisotopic (exact) mass is 128 g/mol. The summed E-state index contributed by atoms with van der Waals surface area (Å²) >= 11 is 0. The van der Waals surface area contributed by atoms with Crippen molar-refractivity contribution < 1.29 is 4.79 Å². The second kappa shape index (κ2) is 2.53. The second-order valence-corrected chi connectivity index (χ2v) is 2.42. The Labute approximate surface area is 54.9 Å². The second-order valence-electron chi connectivity index (χ2n) is 2.42. The molecule has 0 rings (SSSR count). The fraction of sp³-hybridized carbons (Fsp3) is 0.500. The number of primary amides is 1. The van der Waals surface area contributed by atoms with Crippen LogP contribution in [0.4, 0.5) is 4.79 Å². The molecular formula is C6H12N2O. The predicted molar refractivity (Wildman–Crippen MR) is 37.0 cm³/mol. The Bertz CT molecular complexity index is 129. The fourth-order valence-electron chi connectivity index (χ4n) is 0.369. The number of urea groups is 1. The van der Waals surface area contributed by atoms with Crippen LogP contribution in [-0.2, 0) is 0 Å². The van der Waals surface area contributed by atoms with E-state index in [2.05, 4.69) is 11.9 Å². The molecule has 0 aliphatic rings. The van der Waals surface area contributed by atoms with Crippen molar-refractivity contribution in [2.45, 2.75) is 19.4 Å². The molecule has 0 heterocycles. The van der Waals surface area contributed by atoms with Gasteiger partial charge in [-0.25, -0.2) is 4.79 Å². The van der Waals surface area contributed by atoms with Gasteiger partial charge in [0.15, 0.2) is 0 Å². The van der Waals surface area contributed by atoms with E-state index in [1.54, 1.807) is 6.08 Å². The van der Waals surface area contributed by atoms with Crippen LogP contribution in [0.3, 0.4) is 0 Å². The third kappa shape index (κ3) is 3.58. The molecule has 0 saturated carbocycles. The Balaban J connectivity index is 3.86. The summed E-state index contributed by atoms with van der Waals surface area (Å²) < 4.78 is 0. The quantitative estimate of drug-likeness (QED) is 0.526. The van der Waals surface area contributed by atoms with E-state index < -0.39 is 11.6 Å². The van der Waals surface area contributed by atoms with Crippen LogP contribution in [0.15, 0.2) is 12.7 Å². The van der Waals surface area contributed by atoms with Crippen molar-refractivity contribution in [1.29, 1.82) is 0 Å². The lowest BCUT2D eigenvalue weighted by Gasteiger charge is -2.19. The van der Waals surface area contributed by atoms with Crippen molar-refractivity contribution in [3.05, 3.63) is 12.7 Å². The minimum atomic E-state index is -0.528. The van der Waals surface area contributed by atoms with E-state index in [-0.39, 0.29) is 0 Å². The maximum absolute atomic E-state index is 10.2.